The highest BCUT2D eigenvalue weighted by Crippen LogP contribution is 2.66. The summed E-state index contributed by atoms with van der Waals surface area (Å²) >= 11 is 0. The number of terminal acetylenes is 1. The SMILES string of the molecule is C#CCCC(CCC)c1c2n(c3cc(C(=O)NS(=O)CCC(C)(C)F)ccc13)CC1(C(=O)N(C)C(C)CC)CC1c1cc(OC)ccc1-2. The third kappa shape index (κ3) is 6.78. The van der Waals surface area contributed by atoms with E-state index in [0.717, 1.165) is 65.6 Å². The van der Waals surface area contributed by atoms with Gasteiger partial charge in [-0.1, -0.05) is 26.3 Å². The van der Waals surface area contributed by atoms with Crippen LogP contribution in [0.25, 0.3) is 22.2 Å². The lowest BCUT2D eigenvalue weighted by Crippen LogP contribution is -2.42. The van der Waals surface area contributed by atoms with Crippen LogP contribution in [0.1, 0.15) is 113 Å². The highest BCUT2D eigenvalue weighted by atomic mass is 32.2. The van der Waals surface area contributed by atoms with E-state index in [2.05, 4.69) is 48.1 Å². The summed E-state index contributed by atoms with van der Waals surface area (Å²) in [5.74, 6) is 3.45. The Balaban J connectivity index is 1.72. The van der Waals surface area contributed by atoms with E-state index in [1.807, 2.05) is 30.1 Å². The molecule has 1 N–H and O–H groups in total. The normalized spacial score (nSPS) is 19.9. The molecular weight excluding hydrogens is 626 g/mol. The second-order valence-electron chi connectivity index (χ2n) is 14.3. The summed E-state index contributed by atoms with van der Waals surface area (Å²) in [6, 6.07) is 11.9. The van der Waals surface area contributed by atoms with Gasteiger partial charge in [0, 0.05) is 59.8 Å². The molecule has 0 spiro atoms. The first-order chi connectivity index (χ1) is 22.8. The van der Waals surface area contributed by atoms with E-state index in [-0.39, 0.29) is 36.0 Å². The lowest BCUT2D eigenvalue weighted by molar-refractivity contribution is -0.138. The van der Waals surface area contributed by atoms with Crippen molar-refractivity contribution < 1.29 is 22.9 Å². The average molecular weight is 676 g/mol. The third-order valence-electron chi connectivity index (χ3n) is 10.5. The maximum absolute atomic E-state index is 14.5. The maximum Gasteiger partial charge on any atom is 0.263 e. The Morgan fingerprint density at radius 1 is 1.23 bits per heavy atom. The molecule has 2 heterocycles. The molecule has 5 atom stereocenters. The molecule has 1 saturated carbocycles. The van der Waals surface area contributed by atoms with Crippen LogP contribution in [0.5, 0.6) is 5.75 Å². The summed E-state index contributed by atoms with van der Waals surface area (Å²) in [7, 11) is 1.84. The second kappa shape index (κ2) is 14.1. The standard InChI is InChI=1S/C39H50FN3O4S/c1-9-12-14-26(13-10-2)34-30-17-15-27(36(44)41-48(46)20-19-38(5,6)40)21-33(30)43-24-39(37(45)42(7)25(4)11-3)23-32(39)31-22-28(47-8)16-18-29(31)35(34)43/h1,15-18,21-22,25-26,32H,10-14,19-20,23-24H2,2-8H3,(H,41,44). The van der Waals surface area contributed by atoms with Crippen molar-refractivity contribution >= 4 is 33.7 Å². The van der Waals surface area contributed by atoms with Gasteiger partial charge in [0.2, 0.25) is 5.91 Å². The summed E-state index contributed by atoms with van der Waals surface area (Å²) in [5, 5.41) is 1.02. The van der Waals surface area contributed by atoms with Crippen molar-refractivity contribution in [3.63, 3.8) is 0 Å². The van der Waals surface area contributed by atoms with Crippen LogP contribution in [-0.2, 0) is 22.3 Å². The summed E-state index contributed by atoms with van der Waals surface area (Å²) in [4.78, 5) is 29.8. The Morgan fingerprint density at radius 2 is 1.98 bits per heavy atom. The number of aromatic nitrogens is 1. The van der Waals surface area contributed by atoms with Crippen LogP contribution in [0.15, 0.2) is 36.4 Å². The van der Waals surface area contributed by atoms with Crippen LogP contribution in [0.4, 0.5) is 4.39 Å². The molecule has 48 heavy (non-hydrogen) atoms. The zero-order valence-corrected chi connectivity index (χ0v) is 30.3. The van der Waals surface area contributed by atoms with Crippen LogP contribution >= 0.6 is 0 Å². The first-order valence-corrected chi connectivity index (χ1v) is 18.6. The van der Waals surface area contributed by atoms with Gasteiger partial charge in [-0.2, -0.15) is 0 Å². The number of hydrogen-bond donors (Lipinski definition) is 1. The molecule has 9 heteroatoms. The molecule has 2 aromatic carbocycles. The lowest BCUT2D eigenvalue weighted by atomic mass is 9.85. The molecule has 7 nitrogen and oxygen atoms in total. The quantitative estimate of drug-likeness (QED) is 0.176. The molecule has 258 valence electrons. The van der Waals surface area contributed by atoms with E-state index in [1.54, 1.807) is 13.2 Å². The molecule has 2 amide bonds. The fourth-order valence-corrected chi connectivity index (χ4v) is 8.54. The number of ether oxygens (including phenoxy) is 1. The van der Waals surface area contributed by atoms with Crippen molar-refractivity contribution in [1.29, 1.82) is 0 Å². The zero-order chi connectivity index (χ0) is 35.0. The minimum absolute atomic E-state index is 0.0198. The number of alkyl halides is 1. The Hall–Kier alpha value is -3.64. The number of hydrogen-bond acceptors (Lipinski definition) is 4. The fourth-order valence-electron chi connectivity index (χ4n) is 7.44. The number of nitrogens with one attached hydrogen (secondary N) is 1. The lowest BCUT2D eigenvalue weighted by Gasteiger charge is -2.29. The minimum Gasteiger partial charge on any atom is -0.497 e. The molecule has 0 radical (unpaired) electrons. The van der Waals surface area contributed by atoms with Crippen LogP contribution in [0, 0.1) is 17.8 Å². The number of methoxy groups -OCH3 is 1. The number of rotatable bonds is 14. The molecule has 1 fully saturated rings. The van der Waals surface area contributed by atoms with Crippen molar-refractivity contribution in [3.05, 3.63) is 53.1 Å². The Labute approximate surface area is 287 Å². The van der Waals surface area contributed by atoms with E-state index in [1.165, 1.54) is 19.4 Å². The first-order valence-electron chi connectivity index (χ1n) is 17.2. The summed E-state index contributed by atoms with van der Waals surface area (Å²) in [6.45, 7) is 9.69. The van der Waals surface area contributed by atoms with E-state index in [9.17, 15) is 18.2 Å². The van der Waals surface area contributed by atoms with Crippen molar-refractivity contribution in [2.45, 2.75) is 110 Å². The Morgan fingerprint density at radius 3 is 2.62 bits per heavy atom. The predicted octanol–water partition coefficient (Wildman–Crippen LogP) is 7.89. The highest BCUT2D eigenvalue weighted by Gasteiger charge is 2.63. The van der Waals surface area contributed by atoms with E-state index in [0.29, 0.717) is 18.5 Å². The van der Waals surface area contributed by atoms with Crippen molar-refractivity contribution in [3.8, 4) is 29.4 Å². The van der Waals surface area contributed by atoms with Gasteiger partial charge in [-0.25, -0.2) is 8.60 Å². The average Bonchev–Trinajstić information content (AvgIpc) is 3.74. The van der Waals surface area contributed by atoms with Crippen LogP contribution < -0.4 is 9.46 Å². The summed E-state index contributed by atoms with van der Waals surface area (Å²) < 4.78 is 37.3. The predicted molar refractivity (Wildman–Crippen MR) is 192 cm³/mol. The van der Waals surface area contributed by atoms with Gasteiger partial charge in [0.05, 0.1) is 18.2 Å². The van der Waals surface area contributed by atoms with Gasteiger partial charge in [0.25, 0.3) is 5.91 Å². The maximum atomic E-state index is 14.5. The number of fused-ring (bicyclic) bond motifs is 7. The molecule has 5 unspecified atom stereocenters. The Bertz CT molecular complexity index is 1770. The number of amides is 2. The van der Waals surface area contributed by atoms with E-state index in [4.69, 9.17) is 11.2 Å². The third-order valence-corrected chi connectivity index (χ3v) is 11.5. The smallest absolute Gasteiger partial charge is 0.263 e. The Kier molecular flexibility index (Phi) is 10.5. The monoisotopic (exact) mass is 675 g/mol. The number of halogens is 1. The van der Waals surface area contributed by atoms with Gasteiger partial charge in [0.15, 0.2) is 0 Å². The molecule has 5 rings (SSSR count). The number of carbonyl (C=O) groups excluding carboxylic acids is 2. The van der Waals surface area contributed by atoms with Crippen LogP contribution in [0.3, 0.4) is 0 Å². The van der Waals surface area contributed by atoms with Gasteiger partial charge < -0.3 is 14.2 Å². The highest BCUT2D eigenvalue weighted by molar-refractivity contribution is 7.83. The van der Waals surface area contributed by atoms with Gasteiger partial charge in [0.1, 0.15) is 22.4 Å². The minimum atomic E-state index is -1.73. The fraction of sp³-hybridized carbons (Fsp3) is 0.538. The summed E-state index contributed by atoms with van der Waals surface area (Å²) in [6.07, 6.45) is 10.8. The molecule has 1 aromatic heterocycles. The summed E-state index contributed by atoms with van der Waals surface area (Å²) in [5.41, 5.74) is 3.53. The van der Waals surface area contributed by atoms with Gasteiger partial charge in [-0.3, -0.25) is 14.3 Å². The van der Waals surface area contributed by atoms with Gasteiger partial charge in [-0.15, -0.1) is 12.3 Å². The molecule has 2 aliphatic rings. The largest absolute Gasteiger partial charge is 0.497 e. The zero-order valence-electron chi connectivity index (χ0n) is 29.5. The van der Waals surface area contributed by atoms with Crippen LogP contribution in [0.2, 0.25) is 0 Å². The molecule has 3 aromatic rings. The second-order valence-corrected chi connectivity index (χ2v) is 15.6. The molecule has 0 saturated heterocycles. The first kappa shape index (κ1) is 35.7. The van der Waals surface area contributed by atoms with E-state index >= 15 is 0 Å². The van der Waals surface area contributed by atoms with Gasteiger partial charge >= 0.3 is 0 Å². The van der Waals surface area contributed by atoms with Crippen molar-refractivity contribution in [2.24, 2.45) is 5.41 Å². The molecule has 0 bridgehead atoms. The molecule has 1 aliphatic carbocycles. The van der Waals surface area contributed by atoms with Crippen LogP contribution in [-0.4, -0.2) is 57.1 Å². The number of nitrogens with zero attached hydrogens (tertiary/aromatic N) is 2. The molecule has 1 aliphatic heterocycles. The van der Waals surface area contributed by atoms with E-state index < -0.39 is 28.0 Å². The van der Waals surface area contributed by atoms with Gasteiger partial charge in [-0.05, 0) is 100 Å². The number of benzene rings is 2. The topological polar surface area (TPSA) is 80.6 Å². The number of carbonyl (C=O) groups is 2. The van der Waals surface area contributed by atoms with Crippen molar-refractivity contribution in [1.82, 2.24) is 14.2 Å². The molecular formula is C39H50FN3O4S. The van der Waals surface area contributed by atoms with Crippen molar-refractivity contribution in [2.75, 3.05) is 19.9 Å².